The molecule has 6 heteroatoms. The van der Waals surface area contributed by atoms with Crippen LogP contribution in [0.4, 0.5) is 0 Å². The molecular weight excluding hydrogens is 350 g/mol. The number of methoxy groups -OCH3 is 1. The second-order valence-electron chi connectivity index (χ2n) is 6.07. The van der Waals surface area contributed by atoms with Crippen LogP contribution in [0.15, 0.2) is 60.0 Å². The minimum absolute atomic E-state index is 0.134. The monoisotopic (exact) mass is 373 g/mol. The van der Waals surface area contributed by atoms with Gasteiger partial charge in [-0.15, -0.1) is 6.58 Å². The van der Waals surface area contributed by atoms with Crippen LogP contribution in [0.25, 0.3) is 0 Å². The molecule has 0 unspecified atom stereocenters. The highest BCUT2D eigenvalue weighted by Gasteiger charge is 2.19. The molecule has 2 aromatic rings. The molecule has 2 aromatic carbocycles. The molecule has 1 amide bonds. The van der Waals surface area contributed by atoms with E-state index in [1.165, 1.54) is 12.1 Å². The number of aryl methyl sites for hydroxylation is 1. The van der Waals surface area contributed by atoms with Crippen molar-refractivity contribution >= 4 is 15.7 Å². The summed E-state index contributed by atoms with van der Waals surface area (Å²) in [7, 11) is -1.79. The second kappa shape index (κ2) is 8.19. The van der Waals surface area contributed by atoms with Crippen LogP contribution in [0.3, 0.4) is 0 Å². The maximum atomic E-state index is 13.0. The summed E-state index contributed by atoms with van der Waals surface area (Å²) < 4.78 is 28.8. The predicted octanol–water partition coefficient (Wildman–Crippen LogP) is 3.24. The van der Waals surface area contributed by atoms with Gasteiger partial charge in [0.15, 0.2) is 9.84 Å². The highest BCUT2D eigenvalue weighted by atomic mass is 32.2. The number of sulfone groups is 1. The first-order valence-corrected chi connectivity index (χ1v) is 9.99. The van der Waals surface area contributed by atoms with E-state index in [1.807, 2.05) is 24.3 Å². The Labute approximate surface area is 154 Å². The van der Waals surface area contributed by atoms with Crippen LogP contribution in [-0.4, -0.2) is 39.1 Å². The van der Waals surface area contributed by atoms with Crippen LogP contribution in [-0.2, 0) is 16.4 Å². The molecule has 26 heavy (non-hydrogen) atoms. The van der Waals surface area contributed by atoms with Crippen LogP contribution in [0.2, 0.25) is 0 Å². The topological polar surface area (TPSA) is 63.7 Å². The van der Waals surface area contributed by atoms with E-state index in [0.717, 1.165) is 23.1 Å². The molecule has 0 radical (unpaired) electrons. The number of nitrogens with zero attached hydrogens (tertiary/aromatic N) is 1. The van der Waals surface area contributed by atoms with Crippen molar-refractivity contribution in [1.82, 2.24) is 4.90 Å². The first-order chi connectivity index (χ1) is 12.3. The molecule has 0 fully saturated rings. The summed E-state index contributed by atoms with van der Waals surface area (Å²) in [5, 5.41) is 0. The van der Waals surface area contributed by atoms with Crippen molar-refractivity contribution in [1.29, 1.82) is 0 Å². The maximum absolute atomic E-state index is 13.0. The molecule has 0 heterocycles. The fraction of sp³-hybridized carbons (Fsp3) is 0.250. The van der Waals surface area contributed by atoms with E-state index in [-0.39, 0.29) is 10.8 Å². The van der Waals surface area contributed by atoms with E-state index >= 15 is 0 Å². The minimum atomic E-state index is -3.38. The predicted molar refractivity (Wildman–Crippen MR) is 102 cm³/mol. The van der Waals surface area contributed by atoms with Crippen molar-refractivity contribution in [3.8, 4) is 5.75 Å². The van der Waals surface area contributed by atoms with Crippen molar-refractivity contribution in [3.05, 3.63) is 71.8 Å². The highest BCUT2D eigenvalue weighted by molar-refractivity contribution is 7.90. The zero-order valence-corrected chi connectivity index (χ0v) is 16.0. The summed E-state index contributed by atoms with van der Waals surface area (Å²) in [6.45, 7) is 6.25. The molecule has 0 N–H and O–H groups in total. The summed E-state index contributed by atoms with van der Waals surface area (Å²) in [5.74, 6) is 0.510. The number of ether oxygens (including phenoxy) is 1. The zero-order valence-electron chi connectivity index (χ0n) is 15.2. The normalized spacial score (nSPS) is 11.0. The van der Waals surface area contributed by atoms with Gasteiger partial charge in [-0.25, -0.2) is 8.42 Å². The molecule has 5 nitrogen and oxygen atoms in total. The van der Waals surface area contributed by atoms with Crippen molar-refractivity contribution in [2.45, 2.75) is 18.4 Å². The summed E-state index contributed by atoms with van der Waals surface area (Å²) in [6.07, 6.45) is 2.78. The van der Waals surface area contributed by atoms with E-state index < -0.39 is 9.84 Å². The molecule has 2 rings (SSSR count). The van der Waals surface area contributed by atoms with Gasteiger partial charge in [0.1, 0.15) is 5.75 Å². The highest BCUT2D eigenvalue weighted by Crippen LogP contribution is 2.19. The van der Waals surface area contributed by atoms with E-state index in [1.54, 1.807) is 31.1 Å². The van der Waals surface area contributed by atoms with Gasteiger partial charge < -0.3 is 9.64 Å². The molecule has 0 aliphatic rings. The third-order valence-electron chi connectivity index (χ3n) is 4.04. The van der Waals surface area contributed by atoms with Gasteiger partial charge in [-0.2, -0.15) is 0 Å². The van der Waals surface area contributed by atoms with Crippen LogP contribution >= 0.6 is 0 Å². The SMILES string of the molecule is C=CCN(Cc1ccc(OC)cc1)C(=O)c1cc(S(C)(=O)=O)ccc1C. The van der Waals surface area contributed by atoms with Gasteiger partial charge in [0.2, 0.25) is 0 Å². The molecule has 138 valence electrons. The van der Waals surface area contributed by atoms with Crippen molar-refractivity contribution < 1.29 is 17.9 Å². The first-order valence-electron chi connectivity index (χ1n) is 8.10. The number of rotatable bonds is 7. The Morgan fingerprint density at radius 3 is 2.38 bits per heavy atom. The molecule has 0 bridgehead atoms. The minimum Gasteiger partial charge on any atom is -0.497 e. The third kappa shape index (κ3) is 4.73. The van der Waals surface area contributed by atoms with Crippen molar-refractivity contribution in [2.24, 2.45) is 0 Å². The smallest absolute Gasteiger partial charge is 0.254 e. The number of amides is 1. The Kier molecular flexibility index (Phi) is 6.21. The van der Waals surface area contributed by atoms with Gasteiger partial charge in [0, 0.05) is 24.9 Å². The van der Waals surface area contributed by atoms with E-state index in [9.17, 15) is 13.2 Å². The number of hydrogen-bond donors (Lipinski definition) is 0. The molecule has 0 saturated heterocycles. The average Bonchev–Trinajstić information content (AvgIpc) is 2.61. The molecule has 0 aromatic heterocycles. The lowest BCUT2D eigenvalue weighted by atomic mass is 10.1. The Morgan fingerprint density at radius 1 is 1.19 bits per heavy atom. The third-order valence-corrected chi connectivity index (χ3v) is 5.15. The van der Waals surface area contributed by atoms with E-state index in [2.05, 4.69) is 6.58 Å². The lowest BCUT2D eigenvalue weighted by Crippen LogP contribution is -2.31. The maximum Gasteiger partial charge on any atom is 0.254 e. The van der Waals surface area contributed by atoms with Gasteiger partial charge in [0.05, 0.1) is 12.0 Å². The largest absolute Gasteiger partial charge is 0.497 e. The Balaban J connectivity index is 2.34. The Bertz CT molecular complexity index is 902. The van der Waals surface area contributed by atoms with Crippen LogP contribution in [0, 0.1) is 6.92 Å². The second-order valence-corrected chi connectivity index (χ2v) is 8.09. The van der Waals surface area contributed by atoms with Crippen LogP contribution < -0.4 is 4.74 Å². The van der Waals surface area contributed by atoms with Crippen molar-refractivity contribution in [2.75, 3.05) is 19.9 Å². The fourth-order valence-electron chi connectivity index (χ4n) is 2.56. The number of hydrogen-bond acceptors (Lipinski definition) is 4. The van der Waals surface area contributed by atoms with Gasteiger partial charge in [-0.1, -0.05) is 24.3 Å². The van der Waals surface area contributed by atoms with Crippen LogP contribution in [0.5, 0.6) is 5.75 Å². The quantitative estimate of drug-likeness (QED) is 0.699. The van der Waals surface area contributed by atoms with E-state index in [0.29, 0.717) is 18.7 Å². The Morgan fingerprint density at radius 2 is 1.85 bits per heavy atom. The van der Waals surface area contributed by atoms with Gasteiger partial charge in [-0.3, -0.25) is 4.79 Å². The summed E-state index contributed by atoms with van der Waals surface area (Å²) in [4.78, 5) is 14.8. The lowest BCUT2D eigenvalue weighted by molar-refractivity contribution is 0.0761. The van der Waals surface area contributed by atoms with Crippen LogP contribution in [0.1, 0.15) is 21.5 Å². The molecular formula is C20H23NO4S. The van der Waals surface area contributed by atoms with E-state index in [4.69, 9.17) is 4.74 Å². The summed E-state index contributed by atoms with van der Waals surface area (Å²) in [5.41, 5.74) is 2.05. The van der Waals surface area contributed by atoms with Gasteiger partial charge in [-0.05, 0) is 42.3 Å². The lowest BCUT2D eigenvalue weighted by Gasteiger charge is -2.22. The fourth-order valence-corrected chi connectivity index (χ4v) is 3.21. The van der Waals surface area contributed by atoms with Crippen molar-refractivity contribution in [3.63, 3.8) is 0 Å². The number of carbonyl (C=O) groups excluding carboxylic acids is 1. The average molecular weight is 373 g/mol. The molecule has 0 aliphatic heterocycles. The van der Waals surface area contributed by atoms with Gasteiger partial charge in [0.25, 0.3) is 5.91 Å². The van der Waals surface area contributed by atoms with Gasteiger partial charge >= 0.3 is 0 Å². The molecule has 0 saturated carbocycles. The first kappa shape index (κ1) is 19.7. The number of carbonyl (C=O) groups is 1. The summed E-state index contributed by atoms with van der Waals surface area (Å²) >= 11 is 0. The summed E-state index contributed by atoms with van der Waals surface area (Å²) in [6, 6.07) is 12.1. The Hall–Kier alpha value is -2.60. The molecule has 0 spiro atoms. The standard InChI is InChI=1S/C20H23NO4S/c1-5-12-21(14-16-7-9-17(25-3)10-8-16)20(22)19-13-18(26(4,23)24)11-6-15(19)2/h5-11,13H,1,12,14H2,2-4H3. The number of benzene rings is 2. The zero-order chi connectivity index (χ0) is 19.3. The molecule has 0 atom stereocenters. The molecule has 0 aliphatic carbocycles.